The minimum Gasteiger partial charge on any atom is -0.471 e. The number of carbonyl (C=O) groups is 1. The van der Waals surface area contributed by atoms with Crippen molar-refractivity contribution < 1.29 is 9.53 Å². The predicted molar refractivity (Wildman–Crippen MR) is 114 cm³/mol. The van der Waals surface area contributed by atoms with E-state index in [4.69, 9.17) is 9.72 Å². The highest BCUT2D eigenvalue weighted by molar-refractivity contribution is 5.83. The van der Waals surface area contributed by atoms with Gasteiger partial charge < -0.3 is 14.2 Å². The maximum Gasteiger partial charge on any atom is 0.245 e. The van der Waals surface area contributed by atoms with E-state index in [1.807, 2.05) is 23.3 Å². The summed E-state index contributed by atoms with van der Waals surface area (Å²) in [5, 5.41) is 0. The molecule has 1 aliphatic carbocycles. The Morgan fingerprint density at radius 2 is 1.90 bits per heavy atom. The Morgan fingerprint density at radius 1 is 1.16 bits per heavy atom. The molecule has 162 valence electrons. The quantitative estimate of drug-likeness (QED) is 0.624. The molecule has 0 spiro atoms. The highest BCUT2D eigenvalue weighted by atomic mass is 16.5. The van der Waals surface area contributed by atoms with E-state index in [0.717, 1.165) is 30.0 Å². The molecular formula is C22H27N7O2. The van der Waals surface area contributed by atoms with E-state index in [9.17, 15) is 4.79 Å². The summed E-state index contributed by atoms with van der Waals surface area (Å²) in [6.45, 7) is 10.2. The maximum atomic E-state index is 12.7. The van der Waals surface area contributed by atoms with Crippen molar-refractivity contribution in [1.82, 2.24) is 34.4 Å². The lowest BCUT2D eigenvalue weighted by Gasteiger charge is -2.17. The van der Waals surface area contributed by atoms with Crippen LogP contribution in [0.2, 0.25) is 0 Å². The van der Waals surface area contributed by atoms with Gasteiger partial charge in [0.25, 0.3) is 0 Å². The largest absolute Gasteiger partial charge is 0.471 e. The van der Waals surface area contributed by atoms with Crippen LogP contribution < -0.4 is 4.74 Å². The van der Waals surface area contributed by atoms with Gasteiger partial charge in [0.1, 0.15) is 24.1 Å². The first kappa shape index (κ1) is 19.8. The summed E-state index contributed by atoms with van der Waals surface area (Å²) in [6.07, 6.45) is 5.74. The molecule has 1 amide bonds. The highest BCUT2D eigenvalue weighted by Gasteiger charge is 2.50. The molecule has 31 heavy (non-hydrogen) atoms. The maximum absolute atomic E-state index is 12.7. The highest BCUT2D eigenvalue weighted by Crippen LogP contribution is 2.46. The number of hydrogen-bond acceptors (Lipinski definition) is 7. The minimum absolute atomic E-state index is 0.0932. The van der Waals surface area contributed by atoms with Gasteiger partial charge in [-0.25, -0.2) is 19.9 Å². The number of carbonyl (C=O) groups excluding carboxylic acids is 1. The first-order valence-electron chi connectivity index (χ1n) is 10.9. The molecule has 3 aromatic rings. The van der Waals surface area contributed by atoms with Gasteiger partial charge in [-0.2, -0.15) is 4.98 Å². The second-order valence-electron chi connectivity index (χ2n) is 8.61. The molecule has 9 heteroatoms. The number of hydrogen-bond donors (Lipinski definition) is 0. The normalized spacial score (nSPS) is 25.2. The van der Waals surface area contributed by atoms with Gasteiger partial charge in [-0.1, -0.05) is 13.8 Å². The molecule has 0 unspecified atom stereocenters. The number of likely N-dealkylation sites (tertiary alicyclic amines) is 1. The molecule has 1 saturated heterocycles. The molecule has 4 heterocycles. The van der Waals surface area contributed by atoms with Crippen LogP contribution in [0.1, 0.15) is 33.0 Å². The first-order chi connectivity index (χ1) is 15.0. The average molecular weight is 422 g/mol. The molecule has 3 atom stereocenters. The zero-order valence-electron chi connectivity index (χ0n) is 18.3. The lowest BCUT2D eigenvalue weighted by molar-refractivity contribution is -0.132. The van der Waals surface area contributed by atoms with Crippen molar-refractivity contribution in [3.05, 3.63) is 24.5 Å². The Bertz CT molecular complexity index is 1120. The van der Waals surface area contributed by atoms with Crippen molar-refractivity contribution >= 4 is 17.1 Å². The fraction of sp³-hybridized carbons (Fsp3) is 0.545. The number of fused-ring (bicyclic) bond motifs is 1. The zero-order valence-corrected chi connectivity index (χ0v) is 18.3. The van der Waals surface area contributed by atoms with E-state index < -0.39 is 0 Å². The molecular weight excluding hydrogens is 394 g/mol. The van der Waals surface area contributed by atoms with Crippen LogP contribution in [0.5, 0.6) is 5.88 Å². The summed E-state index contributed by atoms with van der Waals surface area (Å²) < 4.78 is 8.25. The number of aromatic nitrogens is 6. The number of ether oxygens (including phenoxy) is 1. The van der Waals surface area contributed by atoms with Gasteiger partial charge in [0.2, 0.25) is 11.8 Å². The van der Waals surface area contributed by atoms with Gasteiger partial charge in [0, 0.05) is 37.8 Å². The van der Waals surface area contributed by atoms with E-state index in [2.05, 4.69) is 33.8 Å². The predicted octanol–water partition coefficient (Wildman–Crippen LogP) is 2.49. The lowest BCUT2D eigenvalue weighted by atomic mass is 10.3. The summed E-state index contributed by atoms with van der Waals surface area (Å²) in [5.74, 6) is 3.30. The molecule has 2 aliphatic rings. The number of imidazole rings is 1. The van der Waals surface area contributed by atoms with Gasteiger partial charge >= 0.3 is 0 Å². The Morgan fingerprint density at radius 3 is 2.58 bits per heavy atom. The summed E-state index contributed by atoms with van der Waals surface area (Å²) in [7, 11) is 0. The van der Waals surface area contributed by atoms with E-state index in [0.29, 0.717) is 42.1 Å². The Balaban J connectivity index is 1.39. The molecule has 0 aromatic carbocycles. The minimum atomic E-state index is -0.0932. The number of amides is 1. The Kier molecular flexibility index (Phi) is 4.83. The summed E-state index contributed by atoms with van der Waals surface area (Å²) >= 11 is 0. The van der Waals surface area contributed by atoms with Crippen LogP contribution in [0.4, 0.5) is 0 Å². The first-order valence-corrected chi connectivity index (χ1v) is 10.9. The van der Waals surface area contributed by atoms with Gasteiger partial charge in [-0.05, 0) is 25.7 Å². The molecule has 0 radical (unpaired) electrons. The third kappa shape index (κ3) is 3.41. The molecule has 0 bridgehead atoms. The monoisotopic (exact) mass is 421 g/mol. The number of rotatable bonds is 5. The number of nitrogens with zero attached hydrogens (tertiary/aromatic N) is 7. The van der Waals surface area contributed by atoms with Crippen LogP contribution in [0, 0.1) is 24.7 Å². The van der Waals surface area contributed by atoms with E-state index >= 15 is 0 Å². The van der Waals surface area contributed by atoms with Crippen molar-refractivity contribution in [1.29, 1.82) is 0 Å². The molecule has 2 fully saturated rings. The van der Waals surface area contributed by atoms with Crippen molar-refractivity contribution in [2.24, 2.45) is 17.8 Å². The molecule has 9 nitrogen and oxygen atoms in total. The third-order valence-corrected chi connectivity index (χ3v) is 6.70. The molecule has 1 aliphatic heterocycles. The summed E-state index contributed by atoms with van der Waals surface area (Å²) in [5.41, 5.74) is 2.16. The second-order valence-corrected chi connectivity index (χ2v) is 8.61. The van der Waals surface area contributed by atoms with Gasteiger partial charge in [0.15, 0.2) is 11.2 Å². The zero-order chi connectivity index (χ0) is 21.7. The fourth-order valence-corrected chi connectivity index (χ4v) is 4.54. The van der Waals surface area contributed by atoms with E-state index in [-0.39, 0.29) is 17.9 Å². The lowest BCUT2D eigenvalue weighted by Crippen LogP contribution is -2.32. The van der Waals surface area contributed by atoms with E-state index in [1.54, 1.807) is 12.4 Å². The number of aryl methyl sites for hydroxylation is 2. The van der Waals surface area contributed by atoms with Crippen molar-refractivity contribution in [2.45, 2.75) is 46.8 Å². The SMILES string of the molecule is CCn1c(-c2cnc(C)nc2)nc2c(O[C@H]3CCN(C(=O)C4[C@H](C)[C@H]4C)C3)ncnc21. The van der Waals surface area contributed by atoms with Gasteiger partial charge in [-0.15, -0.1) is 0 Å². The van der Waals surface area contributed by atoms with Crippen LogP contribution in [0.15, 0.2) is 18.7 Å². The Hall–Kier alpha value is -3.10. The van der Waals surface area contributed by atoms with E-state index in [1.165, 1.54) is 6.33 Å². The smallest absolute Gasteiger partial charge is 0.245 e. The third-order valence-electron chi connectivity index (χ3n) is 6.70. The molecule has 3 aromatic heterocycles. The van der Waals surface area contributed by atoms with Crippen LogP contribution in [0.25, 0.3) is 22.6 Å². The van der Waals surface area contributed by atoms with Crippen molar-refractivity contribution in [3.8, 4) is 17.3 Å². The fourth-order valence-electron chi connectivity index (χ4n) is 4.54. The van der Waals surface area contributed by atoms with Crippen LogP contribution in [0.3, 0.4) is 0 Å². The molecule has 5 rings (SSSR count). The van der Waals surface area contributed by atoms with Gasteiger partial charge in [-0.3, -0.25) is 4.79 Å². The van der Waals surface area contributed by atoms with Crippen LogP contribution >= 0.6 is 0 Å². The second kappa shape index (κ2) is 7.55. The summed E-state index contributed by atoms with van der Waals surface area (Å²) in [4.78, 5) is 36.8. The molecule has 1 saturated carbocycles. The van der Waals surface area contributed by atoms with Crippen molar-refractivity contribution in [3.63, 3.8) is 0 Å². The van der Waals surface area contributed by atoms with Crippen molar-refractivity contribution in [2.75, 3.05) is 13.1 Å². The topological polar surface area (TPSA) is 98.9 Å². The Labute approximate surface area is 180 Å². The average Bonchev–Trinajstić information content (AvgIpc) is 3.14. The summed E-state index contributed by atoms with van der Waals surface area (Å²) in [6, 6.07) is 0. The molecule has 0 N–H and O–H groups in total. The van der Waals surface area contributed by atoms with Gasteiger partial charge in [0.05, 0.1) is 12.1 Å². The van der Waals surface area contributed by atoms with Crippen LogP contribution in [-0.2, 0) is 11.3 Å². The van der Waals surface area contributed by atoms with Crippen LogP contribution in [-0.4, -0.2) is 59.5 Å². The standard InChI is InChI=1S/C22H27N7O2/c1-5-29-19(15-8-23-14(4)24-9-15)27-18-20(29)25-11-26-21(18)31-16-6-7-28(10-16)22(30)17-12(2)13(17)3/h8-9,11-13,16-17H,5-7,10H2,1-4H3/t12-,13-,16+/m1/s1.